The number of carboxylic acid groups (broad SMARTS) is 1. The molecule has 2 aromatic rings. The summed E-state index contributed by atoms with van der Waals surface area (Å²) in [6, 6.07) is 5.47. The molecule has 0 bridgehead atoms. The van der Waals surface area contributed by atoms with Gasteiger partial charge >= 0.3 is 5.97 Å². The molecule has 0 aliphatic heterocycles. The minimum Gasteiger partial charge on any atom is -0.493 e. The van der Waals surface area contributed by atoms with E-state index in [0.717, 1.165) is 11.1 Å². The number of nitrogens with one attached hydrogen (secondary N) is 3. The number of ether oxygens (including phenoxy) is 3. The van der Waals surface area contributed by atoms with Crippen LogP contribution < -0.4 is 35.6 Å². The molecule has 2 amide bonds. The molecule has 2 atom stereocenters. The number of fused-ring (bicyclic) bond motifs is 3. The van der Waals surface area contributed by atoms with Crippen LogP contribution in [0.4, 0.5) is 5.69 Å². The highest BCUT2D eigenvalue weighted by molar-refractivity contribution is 5.86. The lowest BCUT2D eigenvalue weighted by Crippen LogP contribution is -2.44. The molecule has 0 heterocycles. The first kappa shape index (κ1) is 30.3. The Morgan fingerprint density at radius 2 is 1.75 bits per heavy atom. The molecular weight excluding hydrogens is 518 g/mol. The van der Waals surface area contributed by atoms with Crippen LogP contribution in [0, 0.1) is 5.92 Å². The highest BCUT2D eigenvalue weighted by Gasteiger charge is 2.30. The molecule has 11 heteroatoms. The summed E-state index contributed by atoms with van der Waals surface area (Å²) < 4.78 is 17.0. The van der Waals surface area contributed by atoms with Gasteiger partial charge in [0.05, 0.1) is 39.5 Å². The number of anilines is 1. The highest BCUT2D eigenvalue weighted by atomic mass is 16.5. The fraction of sp³-hybridized carbons (Fsp3) is 0.448. The molecule has 0 fully saturated rings. The van der Waals surface area contributed by atoms with Crippen LogP contribution in [0.25, 0.3) is 11.1 Å². The number of aliphatic carboxylic acids is 1. The van der Waals surface area contributed by atoms with Gasteiger partial charge in [0.2, 0.25) is 23.0 Å². The van der Waals surface area contributed by atoms with Crippen LogP contribution in [0.15, 0.2) is 29.1 Å². The molecule has 11 nitrogen and oxygen atoms in total. The summed E-state index contributed by atoms with van der Waals surface area (Å²) >= 11 is 0. The van der Waals surface area contributed by atoms with Crippen molar-refractivity contribution in [3.05, 3.63) is 45.6 Å². The van der Waals surface area contributed by atoms with E-state index in [9.17, 15) is 19.2 Å². The van der Waals surface area contributed by atoms with E-state index in [4.69, 9.17) is 19.3 Å². The lowest BCUT2D eigenvalue weighted by molar-refractivity contribution is -0.137. The number of carboxylic acids is 1. The summed E-state index contributed by atoms with van der Waals surface area (Å²) in [5.74, 6) is -0.546. The number of carbonyl (C=O) groups excluding carboxylic acids is 2. The molecule has 0 radical (unpaired) electrons. The topological polar surface area (TPSA) is 152 Å². The Morgan fingerprint density at radius 1 is 1.05 bits per heavy atom. The van der Waals surface area contributed by atoms with Crippen LogP contribution in [-0.4, -0.2) is 56.8 Å². The first-order valence-corrected chi connectivity index (χ1v) is 13.1. The first-order valence-electron chi connectivity index (χ1n) is 13.1. The Labute approximate surface area is 233 Å². The van der Waals surface area contributed by atoms with Crippen LogP contribution in [0.2, 0.25) is 0 Å². The third kappa shape index (κ3) is 6.64. The van der Waals surface area contributed by atoms with E-state index < -0.39 is 24.0 Å². The third-order valence-electron chi connectivity index (χ3n) is 6.81. The van der Waals surface area contributed by atoms with Crippen molar-refractivity contribution in [2.45, 2.75) is 52.1 Å². The van der Waals surface area contributed by atoms with Gasteiger partial charge in [-0.15, -0.1) is 0 Å². The molecule has 1 aliphatic carbocycles. The number of carbonyl (C=O) groups is 3. The van der Waals surface area contributed by atoms with Crippen LogP contribution >= 0.6 is 0 Å². The summed E-state index contributed by atoms with van der Waals surface area (Å²) in [5, 5.41) is 17.5. The summed E-state index contributed by atoms with van der Waals surface area (Å²) in [7, 11) is 4.58. The molecule has 0 unspecified atom stereocenters. The van der Waals surface area contributed by atoms with E-state index in [1.807, 2.05) is 19.9 Å². The van der Waals surface area contributed by atoms with Crippen molar-refractivity contribution < 1.29 is 33.7 Å². The Morgan fingerprint density at radius 3 is 2.33 bits per heavy atom. The SMILES string of the molecule is COc1cc2c(c(OC)c1OC)-c1ccc(N[C@H](C(=O)NCCC(=O)O)C(C)C)c(=O)cc1[C@@H](NC(C)=O)CC2. The minimum atomic E-state index is -1.02. The molecule has 40 heavy (non-hydrogen) atoms. The van der Waals surface area contributed by atoms with Crippen molar-refractivity contribution in [1.82, 2.24) is 10.6 Å². The van der Waals surface area contributed by atoms with Gasteiger partial charge in [0.25, 0.3) is 0 Å². The molecule has 1 aliphatic rings. The van der Waals surface area contributed by atoms with Gasteiger partial charge in [0.1, 0.15) is 6.04 Å². The second kappa shape index (κ2) is 13.2. The number of hydrogen-bond donors (Lipinski definition) is 4. The van der Waals surface area contributed by atoms with Crippen molar-refractivity contribution in [3.8, 4) is 28.4 Å². The van der Waals surface area contributed by atoms with Gasteiger partial charge in [0, 0.05) is 19.0 Å². The summed E-state index contributed by atoms with van der Waals surface area (Å²) in [4.78, 5) is 49.4. The monoisotopic (exact) mass is 555 g/mol. The van der Waals surface area contributed by atoms with Gasteiger partial charge in [-0.2, -0.15) is 0 Å². The predicted octanol–water partition coefficient (Wildman–Crippen LogP) is 2.89. The Bertz CT molecular complexity index is 1340. The maximum atomic E-state index is 13.5. The smallest absolute Gasteiger partial charge is 0.305 e. The zero-order chi connectivity index (χ0) is 29.6. The highest BCUT2D eigenvalue weighted by Crippen LogP contribution is 2.50. The van der Waals surface area contributed by atoms with Gasteiger partial charge in [-0.3, -0.25) is 19.2 Å². The molecule has 0 aromatic heterocycles. The largest absolute Gasteiger partial charge is 0.493 e. The van der Waals surface area contributed by atoms with Gasteiger partial charge in [-0.05, 0) is 53.6 Å². The van der Waals surface area contributed by atoms with E-state index in [1.54, 1.807) is 19.2 Å². The maximum absolute atomic E-state index is 13.5. The number of methoxy groups -OCH3 is 3. The lowest BCUT2D eigenvalue weighted by Gasteiger charge is -2.22. The lowest BCUT2D eigenvalue weighted by atomic mass is 9.95. The number of rotatable bonds is 11. The Hall–Kier alpha value is -4.28. The fourth-order valence-corrected chi connectivity index (χ4v) is 4.93. The zero-order valence-electron chi connectivity index (χ0n) is 23.7. The third-order valence-corrected chi connectivity index (χ3v) is 6.81. The number of hydrogen-bond acceptors (Lipinski definition) is 8. The van der Waals surface area contributed by atoms with Gasteiger partial charge in [-0.1, -0.05) is 19.9 Å². The molecule has 0 saturated heterocycles. The van der Waals surface area contributed by atoms with E-state index in [2.05, 4.69) is 16.0 Å². The quantitative estimate of drug-likeness (QED) is 0.328. The van der Waals surface area contributed by atoms with Crippen molar-refractivity contribution in [3.63, 3.8) is 0 Å². The Kier molecular flexibility index (Phi) is 9.98. The molecule has 0 saturated carbocycles. The first-order chi connectivity index (χ1) is 19.0. The van der Waals surface area contributed by atoms with Gasteiger partial charge < -0.3 is 35.3 Å². The molecular formula is C29H37N3O8. The predicted molar refractivity (Wildman–Crippen MR) is 150 cm³/mol. The van der Waals surface area contributed by atoms with Gasteiger partial charge in [-0.25, -0.2) is 0 Å². The fourth-order valence-electron chi connectivity index (χ4n) is 4.93. The van der Waals surface area contributed by atoms with Crippen molar-refractivity contribution in [1.29, 1.82) is 0 Å². The van der Waals surface area contributed by atoms with Crippen molar-refractivity contribution in [2.75, 3.05) is 33.2 Å². The summed E-state index contributed by atoms with van der Waals surface area (Å²) in [6.07, 6.45) is 0.877. The summed E-state index contributed by atoms with van der Waals surface area (Å²) in [6.45, 7) is 5.05. The minimum absolute atomic E-state index is 0.0273. The second-order valence-electron chi connectivity index (χ2n) is 9.90. The average molecular weight is 556 g/mol. The molecule has 216 valence electrons. The van der Waals surface area contributed by atoms with Crippen LogP contribution in [-0.2, 0) is 20.8 Å². The molecule has 0 spiro atoms. The molecule has 3 rings (SSSR count). The normalized spacial score (nSPS) is 14.6. The number of aryl methyl sites for hydroxylation is 1. The second-order valence-corrected chi connectivity index (χ2v) is 9.90. The average Bonchev–Trinajstić information content (AvgIpc) is 3.14. The Balaban J connectivity index is 2.19. The molecule has 4 N–H and O–H groups in total. The van der Waals surface area contributed by atoms with Crippen LogP contribution in [0.3, 0.4) is 0 Å². The van der Waals surface area contributed by atoms with E-state index in [-0.39, 0.29) is 35.9 Å². The zero-order valence-corrected chi connectivity index (χ0v) is 23.7. The van der Waals surface area contributed by atoms with E-state index in [0.29, 0.717) is 41.2 Å². The van der Waals surface area contributed by atoms with Crippen LogP contribution in [0.5, 0.6) is 17.2 Å². The van der Waals surface area contributed by atoms with E-state index in [1.165, 1.54) is 27.2 Å². The van der Waals surface area contributed by atoms with Gasteiger partial charge in [0.15, 0.2) is 11.5 Å². The maximum Gasteiger partial charge on any atom is 0.305 e. The van der Waals surface area contributed by atoms with Crippen molar-refractivity contribution in [2.24, 2.45) is 5.92 Å². The number of benzene rings is 1. The number of amides is 2. The van der Waals surface area contributed by atoms with E-state index >= 15 is 0 Å². The summed E-state index contributed by atoms with van der Waals surface area (Å²) in [5.41, 5.74) is 2.70. The standard InChI is InChI=1S/C29H37N3O8/c1-15(2)26(29(37)30-12-11-24(35)36)32-21-10-8-18-19(14-22(21)34)20(31-16(3)33)9-7-17-13-23(38-4)27(39-5)28(40-6)25(17)18/h8,10,13-15,20,26H,7,9,11-12H2,1-6H3,(H,30,37)(H,31,33)(H,32,34)(H,35,36)/t20-,26-/m0/s1. The molecule has 2 aromatic carbocycles. The van der Waals surface area contributed by atoms with Crippen LogP contribution in [0.1, 0.15) is 50.8 Å². The van der Waals surface area contributed by atoms with Crippen molar-refractivity contribution >= 4 is 23.5 Å².